The molecule has 0 aromatic heterocycles. The molecule has 1 amide bonds. The number of nitrogens with one attached hydrogen (secondary N) is 1. The number of carbonyl (C=O) groups is 1. The van der Waals surface area contributed by atoms with Gasteiger partial charge in [-0.15, -0.1) is 0 Å². The quantitative estimate of drug-likeness (QED) is 0.613. The van der Waals surface area contributed by atoms with Gasteiger partial charge in [0.05, 0.1) is 19.9 Å². The molecule has 0 saturated heterocycles. The fourth-order valence-corrected chi connectivity index (χ4v) is 3.40. The Kier molecular flexibility index (Phi) is 7.95. The van der Waals surface area contributed by atoms with Crippen LogP contribution in [0.3, 0.4) is 0 Å². The van der Waals surface area contributed by atoms with Crippen LogP contribution in [0.25, 0.3) is 0 Å². The van der Waals surface area contributed by atoms with Crippen LogP contribution in [0.5, 0.6) is 5.75 Å². The molecule has 152 valence electrons. The molecule has 2 aromatic rings. The van der Waals surface area contributed by atoms with Gasteiger partial charge in [-0.05, 0) is 36.6 Å². The number of rotatable bonds is 10. The summed E-state index contributed by atoms with van der Waals surface area (Å²) in [6.45, 7) is -0.137. The summed E-state index contributed by atoms with van der Waals surface area (Å²) in [4.78, 5) is 12.2. The average molecular weight is 408 g/mol. The van der Waals surface area contributed by atoms with Gasteiger partial charge in [0.15, 0.2) is 0 Å². The summed E-state index contributed by atoms with van der Waals surface area (Å²) >= 11 is 0. The monoisotopic (exact) mass is 408 g/mol. The van der Waals surface area contributed by atoms with Crippen LogP contribution in [0.2, 0.25) is 0 Å². The van der Waals surface area contributed by atoms with Crippen molar-refractivity contribution in [2.24, 2.45) is 0 Å². The van der Waals surface area contributed by atoms with Gasteiger partial charge in [-0.3, -0.25) is 4.79 Å². The lowest BCUT2D eigenvalue weighted by Crippen LogP contribution is -2.40. The largest absolute Gasteiger partial charge is 0.497 e. The molecule has 0 unspecified atom stereocenters. The third-order valence-electron chi connectivity index (χ3n) is 4.19. The summed E-state index contributed by atoms with van der Waals surface area (Å²) < 4.78 is 43.9. The second kappa shape index (κ2) is 10.2. The lowest BCUT2D eigenvalue weighted by Gasteiger charge is -2.20. The SMILES string of the molecule is COc1cccc(CCCNC(=O)CN(Cc2ccccc2F)S(C)(=O)=O)c1. The van der Waals surface area contributed by atoms with Gasteiger partial charge < -0.3 is 10.1 Å². The molecule has 0 heterocycles. The third-order valence-corrected chi connectivity index (χ3v) is 5.39. The van der Waals surface area contributed by atoms with E-state index in [9.17, 15) is 17.6 Å². The van der Waals surface area contributed by atoms with Crippen LogP contribution < -0.4 is 10.1 Å². The molecule has 0 aliphatic heterocycles. The van der Waals surface area contributed by atoms with Gasteiger partial charge >= 0.3 is 0 Å². The smallest absolute Gasteiger partial charge is 0.235 e. The number of hydrogen-bond acceptors (Lipinski definition) is 4. The van der Waals surface area contributed by atoms with Crippen LogP contribution in [0.1, 0.15) is 17.5 Å². The molecule has 0 bridgehead atoms. The van der Waals surface area contributed by atoms with Crippen molar-refractivity contribution in [3.8, 4) is 5.75 Å². The number of benzene rings is 2. The van der Waals surface area contributed by atoms with Gasteiger partial charge in [-0.1, -0.05) is 30.3 Å². The first kappa shape index (κ1) is 21.8. The topological polar surface area (TPSA) is 75.7 Å². The van der Waals surface area contributed by atoms with Crippen LogP contribution in [-0.2, 0) is 27.8 Å². The number of sulfonamides is 1. The van der Waals surface area contributed by atoms with E-state index in [1.165, 1.54) is 18.2 Å². The highest BCUT2D eigenvalue weighted by molar-refractivity contribution is 7.88. The normalized spacial score (nSPS) is 11.4. The van der Waals surface area contributed by atoms with E-state index in [1.54, 1.807) is 13.2 Å². The van der Waals surface area contributed by atoms with Gasteiger partial charge in [0, 0.05) is 18.7 Å². The molecule has 0 saturated carbocycles. The van der Waals surface area contributed by atoms with Crippen LogP contribution in [0, 0.1) is 5.82 Å². The zero-order valence-corrected chi connectivity index (χ0v) is 16.8. The zero-order chi connectivity index (χ0) is 20.6. The van der Waals surface area contributed by atoms with E-state index in [0.717, 1.165) is 28.3 Å². The Bertz CT molecular complexity index is 903. The first-order valence-corrected chi connectivity index (χ1v) is 10.7. The Morgan fingerprint density at radius 1 is 1.18 bits per heavy atom. The minimum atomic E-state index is -3.66. The lowest BCUT2D eigenvalue weighted by atomic mass is 10.1. The molecule has 0 spiro atoms. The molecule has 28 heavy (non-hydrogen) atoms. The Morgan fingerprint density at radius 2 is 1.93 bits per heavy atom. The number of methoxy groups -OCH3 is 1. The number of halogens is 1. The molecule has 0 radical (unpaired) electrons. The second-order valence-electron chi connectivity index (χ2n) is 6.43. The van der Waals surface area contributed by atoms with E-state index in [-0.39, 0.29) is 18.7 Å². The van der Waals surface area contributed by atoms with Crippen molar-refractivity contribution in [3.63, 3.8) is 0 Å². The minimum absolute atomic E-state index is 0.192. The van der Waals surface area contributed by atoms with Crippen LogP contribution in [0.4, 0.5) is 4.39 Å². The number of hydrogen-bond donors (Lipinski definition) is 1. The molecular weight excluding hydrogens is 383 g/mol. The summed E-state index contributed by atoms with van der Waals surface area (Å²) in [6, 6.07) is 13.6. The van der Waals surface area contributed by atoms with Gasteiger partial charge in [-0.25, -0.2) is 12.8 Å². The number of carbonyl (C=O) groups excluding carboxylic acids is 1. The average Bonchev–Trinajstić information content (AvgIpc) is 2.66. The maximum atomic E-state index is 13.8. The Morgan fingerprint density at radius 3 is 2.61 bits per heavy atom. The number of amides is 1. The molecular formula is C20H25FN2O4S. The molecule has 2 rings (SSSR count). The van der Waals surface area contributed by atoms with E-state index in [1.807, 2.05) is 24.3 Å². The Hall–Kier alpha value is -2.45. The van der Waals surface area contributed by atoms with Crippen LogP contribution in [-0.4, -0.2) is 45.1 Å². The van der Waals surface area contributed by atoms with E-state index in [2.05, 4.69) is 5.32 Å². The van der Waals surface area contributed by atoms with E-state index in [4.69, 9.17) is 4.74 Å². The van der Waals surface area contributed by atoms with Gasteiger partial charge in [0.2, 0.25) is 15.9 Å². The van der Waals surface area contributed by atoms with E-state index < -0.39 is 21.7 Å². The van der Waals surface area contributed by atoms with Crippen molar-refractivity contribution in [3.05, 3.63) is 65.5 Å². The van der Waals surface area contributed by atoms with Crippen LogP contribution >= 0.6 is 0 Å². The molecule has 8 heteroatoms. The van der Waals surface area contributed by atoms with Crippen molar-refractivity contribution >= 4 is 15.9 Å². The molecule has 0 fully saturated rings. The maximum absolute atomic E-state index is 13.8. The minimum Gasteiger partial charge on any atom is -0.497 e. The Labute approximate surface area is 165 Å². The third kappa shape index (κ3) is 6.94. The number of ether oxygens (including phenoxy) is 1. The van der Waals surface area contributed by atoms with Crippen molar-refractivity contribution in [2.45, 2.75) is 19.4 Å². The first-order chi connectivity index (χ1) is 13.3. The van der Waals surface area contributed by atoms with Crippen molar-refractivity contribution < 1.29 is 22.3 Å². The lowest BCUT2D eigenvalue weighted by molar-refractivity contribution is -0.121. The number of aryl methyl sites for hydroxylation is 1. The summed E-state index contributed by atoms with van der Waals surface area (Å²) in [6.07, 6.45) is 2.46. The molecule has 0 aliphatic carbocycles. The highest BCUT2D eigenvalue weighted by Gasteiger charge is 2.21. The van der Waals surface area contributed by atoms with Gasteiger partial charge in [-0.2, -0.15) is 4.31 Å². The number of nitrogens with zero attached hydrogens (tertiary/aromatic N) is 1. The first-order valence-electron chi connectivity index (χ1n) is 8.88. The fraction of sp³-hybridized carbons (Fsp3) is 0.350. The summed E-state index contributed by atoms with van der Waals surface area (Å²) in [5.74, 6) is -0.152. The van der Waals surface area contributed by atoms with E-state index in [0.29, 0.717) is 13.0 Å². The highest BCUT2D eigenvalue weighted by Crippen LogP contribution is 2.14. The van der Waals surface area contributed by atoms with Crippen LogP contribution in [0.15, 0.2) is 48.5 Å². The molecule has 0 atom stereocenters. The maximum Gasteiger partial charge on any atom is 0.235 e. The van der Waals surface area contributed by atoms with Crippen molar-refractivity contribution in [2.75, 3.05) is 26.5 Å². The standard InChI is InChI=1S/C20H25FN2O4S/c1-27-18-10-5-7-16(13-18)8-6-12-22-20(24)15-23(28(2,25)26)14-17-9-3-4-11-19(17)21/h3-5,7,9-11,13H,6,8,12,14-15H2,1-2H3,(H,22,24). The molecule has 0 aliphatic rings. The van der Waals surface area contributed by atoms with Crippen molar-refractivity contribution in [1.82, 2.24) is 9.62 Å². The van der Waals surface area contributed by atoms with E-state index >= 15 is 0 Å². The highest BCUT2D eigenvalue weighted by atomic mass is 32.2. The zero-order valence-electron chi connectivity index (χ0n) is 16.0. The summed E-state index contributed by atoms with van der Waals surface area (Å²) in [5, 5.41) is 2.71. The molecule has 6 nitrogen and oxygen atoms in total. The molecule has 1 N–H and O–H groups in total. The predicted octanol–water partition coefficient (Wildman–Crippen LogP) is 2.34. The second-order valence-corrected chi connectivity index (χ2v) is 8.41. The fourth-order valence-electron chi connectivity index (χ4n) is 2.67. The molecule has 2 aromatic carbocycles. The Balaban J connectivity index is 1.85. The summed E-state index contributed by atoms with van der Waals surface area (Å²) in [5.41, 5.74) is 1.31. The van der Waals surface area contributed by atoms with Gasteiger partial charge in [0.1, 0.15) is 11.6 Å². The predicted molar refractivity (Wildman–Crippen MR) is 106 cm³/mol. The van der Waals surface area contributed by atoms with Crippen molar-refractivity contribution in [1.29, 1.82) is 0 Å². The summed E-state index contributed by atoms with van der Waals surface area (Å²) in [7, 11) is -2.06. The van der Waals surface area contributed by atoms with Gasteiger partial charge in [0.25, 0.3) is 0 Å².